The van der Waals surface area contributed by atoms with Gasteiger partial charge in [-0.15, -0.1) is 0 Å². The van der Waals surface area contributed by atoms with Crippen molar-refractivity contribution in [2.45, 2.75) is 0 Å². The maximum atomic E-state index is 0. The zero-order valence-electron chi connectivity index (χ0n) is 1.71. The molecule has 0 bridgehead atoms. The Morgan fingerprint density at radius 2 is 1.00 bits per heavy atom. The van der Waals surface area contributed by atoms with Crippen LogP contribution in [-0.4, -0.2) is 70.6 Å². The molecule has 0 aliphatic rings. The molecule has 0 aliphatic heterocycles. The van der Waals surface area contributed by atoms with Gasteiger partial charge in [-0.2, -0.15) is 0 Å². The molecule has 0 amide bonds. The molecule has 0 saturated carbocycles. The Hall–Kier alpha value is 2.09. The standard InChI is InChI=1S/GeH4.H2O.Sn.H2Te.2H/h1H4;1H2;;1H2;;. The van der Waals surface area contributed by atoms with E-state index in [2.05, 4.69) is 0 Å². The topological polar surface area (TPSA) is 31.5 Å². The SMILES string of the molecule is O.[GeH4].[SnH2].[TeH2]. The summed E-state index contributed by atoms with van der Waals surface area (Å²) in [5.41, 5.74) is 0. The zero-order valence-corrected chi connectivity index (χ0v) is 8.60. The third-order valence-corrected chi connectivity index (χ3v) is 0. The second-order valence-corrected chi connectivity index (χ2v) is 0. The summed E-state index contributed by atoms with van der Waals surface area (Å²) in [4.78, 5) is 0. The first-order valence-electron chi connectivity index (χ1n) is 0. The molecule has 0 aliphatic carbocycles. The molecule has 4 heteroatoms. The van der Waals surface area contributed by atoms with E-state index in [1.54, 1.807) is 0 Å². The molecule has 0 aromatic rings. The van der Waals surface area contributed by atoms with Crippen LogP contribution in [0.5, 0.6) is 0 Å². The first kappa shape index (κ1) is 36.1. The van der Waals surface area contributed by atoms with Crippen LogP contribution in [0.25, 0.3) is 0 Å². The molecule has 0 saturated heterocycles. The summed E-state index contributed by atoms with van der Waals surface area (Å²) in [7, 11) is 0. The van der Waals surface area contributed by atoms with Crippen molar-refractivity contribution < 1.29 is 5.48 Å². The van der Waals surface area contributed by atoms with Gasteiger partial charge in [0.15, 0.2) is 0 Å². The fourth-order valence-electron chi connectivity index (χ4n) is 0. The Balaban J connectivity index is 0. The van der Waals surface area contributed by atoms with Gasteiger partial charge >= 0.3 is 65.2 Å². The monoisotopic (exact) mass is 350 g/mol. The van der Waals surface area contributed by atoms with Crippen molar-refractivity contribution in [1.29, 1.82) is 0 Å². The summed E-state index contributed by atoms with van der Waals surface area (Å²) >= 11 is 0. The van der Waals surface area contributed by atoms with Gasteiger partial charge in [0.1, 0.15) is 0 Å². The van der Waals surface area contributed by atoms with Crippen LogP contribution in [0.15, 0.2) is 0 Å². The minimum atomic E-state index is 0. The van der Waals surface area contributed by atoms with Crippen molar-refractivity contribution in [2.75, 3.05) is 0 Å². The number of hydrogen-bond donors (Lipinski definition) is 0. The van der Waals surface area contributed by atoms with Crippen molar-refractivity contribution in [3.8, 4) is 0 Å². The van der Waals surface area contributed by atoms with E-state index >= 15 is 0 Å². The van der Waals surface area contributed by atoms with E-state index in [0.717, 1.165) is 0 Å². The van der Waals surface area contributed by atoms with Gasteiger partial charge in [0, 0.05) is 0 Å². The predicted molar refractivity (Wildman–Crippen MR) is 32.0 cm³/mol. The van der Waals surface area contributed by atoms with Crippen LogP contribution in [0.4, 0.5) is 0 Å². The molecule has 0 unspecified atom stereocenters. The summed E-state index contributed by atoms with van der Waals surface area (Å²) < 4.78 is 0. The van der Waals surface area contributed by atoms with Gasteiger partial charge in [-0.05, 0) is 0 Å². The third kappa shape index (κ3) is 8.94. The predicted octanol–water partition coefficient (Wildman–Crippen LogP) is -4.11. The fourth-order valence-corrected chi connectivity index (χ4v) is 0. The summed E-state index contributed by atoms with van der Waals surface area (Å²) in [6, 6.07) is 0. The quantitative estimate of drug-likeness (QED) is 0.400. The summed E-state index contributed by atoms with van der Waals surface area (Å²) in [5, 5.41) is 0. The van der Waals surface area contributed by atoms with Crippen molar-refractivity contribution >= 4 is 65.2 Å². The molecule has 2 radical (unpaired) electrons. The van der Waals surface area contributed by atoms with Gasteiger partial charge in [-0.1, -0.05) is 0 Å². The van der Waals surface area contributed by atoms with Crippen LogP contribution in [-0.2, 0) is 0 Å². The molecular formula is H10GeOSnTe. The van der Waals surface area contributed by atoms with E-state index in [9.17, 15) is 0 Å². The van der Waals surface area contributed by atoms with Crippen LogP contribution in [0.2, 0.25) is 0 Å². The molecule has 0 fully saturated rings. The molecule has 2 N–H and O–H groups in total. The molecule has 1 nitrogen and oxygen atoms in total. The Bertz CT molecular complexity index is 8.00. The number of rotatable bonds is 0. The maximum absolute atomic E-state index is 0. The normalized spacial score (nSPS) is 0. The molecule has 0 rings (SSSR count). The molecule has 0 atom stereocenters. The molecule has 0 aromatic heterocycles. The van der Waals surface area contributed by atoms with Crippen LogP contribution in [0.1, 0.15) is 0 Å². The van der Waals surface area contributed by atoms with Gasteiger partial charge in [0.2, 0.25) is 0 Å². The first-order valence-corrected chi connectivity index (χ1v) is 0. The van der Waals surface area contributed by atoms with Crippen molar-refractivity contribution in [3.05, 3.63) is 0 Å². The van der Waals surface area contributed by atoms with Gasteiger partial charge in [-0.3, -0.25) is 0 Å². The van der Waals surface area contributed by atoms with Crippen molar-refractivity contribution in [3.63, 3.8) is 0 Å². The van der Waals surface area contributed by atoms with Crippen LogP contribution >= 0.6 is 0 Å². The van der Waals surface area contributed by atoms with E-state index in [1.807, 2.05) is 0 Å². The first-order chi connectivity index (χ1) is 0. The Morgan fingerprint density at radius 3 is 1.00 bits per heavy atom. The minimum absolute atomic E-state index is 0. The zero-order chi connectivity index (χ0) is 0. The third-order valence-electron chi connectivity index (χ3n) is 0. The summed E-state index contributed by atoms with van der Waals surface area (Å²) in [6.07, 6.45) is 0. The molecule has 4 heavy (non-hydrogen) atoms. The van der Waals surface area contributed by atoms with Gasteiger partial charge in [-0.25, -0.2) is 0 Å². The Kier molecular flexibility index (Phi) is 176. The van der Waals surface area contributed by atoms with E-state index in [-0.39, 0.29) is 70.6 Å². The van der Waals surface area contributed by atoms with Gasteiger partial charge < -0.3 is 5.48 Å². The molecule has 30 valence electrons. The second-order valence-electron chi connectivity index (χ2n) is 0. The van der Waals surface area contributed by atoms with Gasteiger partial charge in [0.25, 0.3) is 0 Å². The van der Waals surface area contributed by atoms with Gasteiger partial charge in [0.05, 0.1) is 0 Å². The number of hydrogen-bond acceptors (Lipinski definition) is 0. The van der Waals surface area contributed by atoms with Crippen molar-refractivity contribution in [1.82, 2.24) is 0 Å². The average Bonchev–Trinajstić information content (AvgIpc) is 0. The molecule has 0 spiro atoms. The Morgan fingerprint density at radius 1 is 1.00 bits per heavy atom. The summed E-state index contributed by atoms with van der Waals surface area (Å²) in [5.74, 6) is 0. The van der Waals surface area contributed by atoms with E-state index < -0.39 is 0 Å². The van der Waals surface area contributed by atoms with E-state index in [0.29, 0.717) is 0 Å². The Labute approximate surface area is 69.9 Å². The van der Waals surface area contributed by atoms with Crippen molar-refractivity contribution in [2.24, 2.45) is 0 Å². The van der Waals surface area contributed by atoms with Crippen LogP contribution in [0.3, 0.4) is 0 Å². The van der Waals surface area contributed by atoms with E-state index in [4.69, 9.17) is 0 Å². The fraction of sp³-hybridized carbons (Fsp3) is 0. The molecule has 0 aromatic carbocycles. The van der Waals surface area contributed by atoms with Crippen LogP contribution < -0.4 is 0 Å². The molecule has 0 heterocycles. The van der Waals surface area contributed by atoms with Crippen LogP contribution in [0, 0.1) is 0 Å². The molecular weight excluding hydrogens is 335 g/mol. The average molecular weight is 345 g/mol. The second kappa shape index (κ2) is 19.5. The summed E-state index contributed by atoms with van der Waals surface area (Å²) in [6.45, 7) is 0. The van der Waals surface area contributed by atoms with E-state index in [1.165, 1.54) is 0 Å².